The van der Waals surface area contributed by atoms with Crippen LogP contribution in [0.4, 0.5) is 0 Å². The zero-order chi connectivity index (χ0) is 24.9. The lowest BCUT2D eigenvalue weighted by molar-refractivity contribution is -0.127. The fourth-order valence-electron chi connectivity index (χ4n) is 5.46. The number of fused-ring (bicyclic) bond motifs is 2. The second-order valence-electron chi connectivity index (χ2n) is 9.95. The molecule has 5 nitrogen and oxygen atoms in total. The molecular formula is C30H39N3O2. The van der Waals surface area contributed by atoms with Crippen molar-refractivity contribution in [2.75, 3.05) is 6.54 Å². The first-order valence-electron chi connectivity index (χ1n) is 13.2. The van der Waals surface area contributed by atoms with E-state index in [1.807, 2.05) is 48.3 Å². The Morgan fingerprint density at radius 2 is 1.69 bits per heavy atom. The van der Waals surface area contributed by atoms with Crippen molar-refractivity contribution in [2.45, 2.75) is 71.4 Å². The molecule has 1 N–H and O–H groups in total. The van der Waals surface area contributed by atoms with Crippen molar-refractivity contribution >= 4 is 22.7 Å². The molecule has 35 heavy (non-hydrogen) atoms. The van der Waals surface area contributed by atoms with E-state index in [0.29, 0.717) is 12.1 Å². The Kier molecular flexibility index (Phi) is 7.94. The highest BCUT2D eigenvalue weighted by Gasteiger charge is 2.46. The summed E-state index contributed by atoms with van der Waals surface area (Å²) in [5.41, 5.74) is 3.87. The van der Waals surface area contributed by atoms with Crippen molar-refractivity contribution in [3.05, 3.63) is 71.4 Å². The van der Waals surface area contributed by atoms with Crippen molar-refractivity contribution in [3.8, 4) is 0 Å². The fraction of sp³-hybridized carbons (Fsp3) is 0.467. The maximum atomic E-state index is 13.9. The lowest BCUT2D eigenvalue weighted by Crippen LogP contribution is -2.52. The van der Waals surface area contributed by atoms with Crippen LogP contribution in [0.25, 0.3) is 10.9 Å². The van der Waals surface area contributed by atoms with Crippen LogP contribution in [0.3, 0.4) is 0 Å². The van der Waals surface area contributed by atoms with Gasteiger partial charge in [0.05, 0.1) is 6.04 Å². The molecule has 5 heteroatoms. The Hall–Kier alpha value is -3.08. The number of carbonyl (C=O) groups excluding carboxylic acids is 2. The van der Waals surface area contributed by atoms with Crippen LogP contribution in [0.15, 0.2) is 54.7 Å². The summed E-state index contributed by atoms with van der Waals surface area (Å²) >= 11 is 0. The second kappa shape index (κ2) is 11.1. The van der Waals surface area contributed by atoms with Gasteiger partial charge in [-0.3, -0.25) is 9.59 Å². The number of benzene rings is 2. The van der Waals surface area contributed by atoms with E-state index < -0.39 is 6.04 Å². The van der Waals surface area contributed by atoms with Gasteiger partial charge < -0.3 is 14.8 Å². The topological polar surface area (TPSA) is 54.3 Å². The number of para-hydroxylation sites is 1. The molecule has 0 fully saturated rings. The molecule has 3 unspecified atom stereocenters. The molecule has 3 atom stereocenters. The van der Waals surface area contributed by atoms with E-state index in [1.165, 1.54) is 19.3 Å². The Labute approximate surface area is 209 Å². The quantitative estimate of drug-likeness (QED) is 0.336. The summed E-state index contributed by atoms with van der Waals surface area (Å²) in [7, 11) is 2.04. The van der Waals surface area contributed by atoms with Gasteiger partial charge in [0.2, 0.25) is 5.91 Å². The standard InChI is InChI=1S/C30H39N3O2/c1-5-7-8-9-14-19-31-29(34)27(21(3)6-2)33-28(23-16-10-11-17-24(23)30(33)35)25-20-32(4)26-18-13-12-15-22(25)26/h10-13,15-18,20-21,27-28H,5-9,14,19H2,1-4H3,(H,31,34). The minimum atomic E-state index is -0.528. The van der Waals surface area contributed by atoms with Crippen LogP contribution >= 0.6 is 0 Å². The van der Waals surface area contributed by atoms with Gasteiger partial charge in [-0.15, -0.1) is 0 Å². The number of nitrogens with zero attached hydrogens (tertiary/aromatic N) is 2. The van der Waals surface area contributed by atoms with Gasteiger partial charge in [-0.05, 0) is 30.0 Å². The van der Waals surface area contributed by atoms with Crippen molar-refractivity contribution in [2.24, 2.45) is 13.0 Å². The summed E-state index contributed by atoms with van der Waals surface area (Å²) in [5, 5.41) is 4.29. The van der Waals surface area contributed by atoms with E-state index in [4.69, 9.17) is 0 Å². The normalized spacial score (nSPS) is 17.0. The van der Waals surface area contributed by atoms with Gasteiger partial charge in [0.1, 0.15) is 6.04 Å². The highest BCUT2D eigenvalue weighted by molar-refractivity contribution is 6.03. The third-order valence-electron chi connectivity index (χ3n) is 7.55. The summed E-state index contributed by atoms with van der Waals surface area (Å²) in [6.07, 6.45) is 8.67. The molecule has 2 heterocycles. The number of hydrogen-bond acceptors (Lipinski definition) is 2. The molecule has 186 valence electrons. The number of nitrogens with one attached hydrogen (secondary N) is 1. The highest BCUT2D eigenvalue weighted by Crippen LogP contribution is 2.44. The first kappa shape index (κ1) is 25.0. The van der Waals surface area contributed by atoms with Crippen LogP contribution in [-0.4, -0.2) is 33.9 Å². The van der Waals surface area contributed by atoms with Crippen molar-refractivity contribution in [1.82, 2.24) is 14.8 Å². The number of amides is 2. The lowest BCUT2D eigenvalue weighted by Gasteiger charge is -2.36. The molecule has 0 bridgehead atoms. The maximum Gasteiger partial charge on any atom is 0.255 e. The Morgan fingerprint density at radius 3 is 2.46 bits per heavy atom. The number of carbonyl (C=O) groups is 2. The number of unbranched alkanes of at least 4 members (excludes halogenated alkanes) is 4. The fourth-order valence-corrected chi connectivity index (χ4v) is 5.46. The molecule has 1 aliphatic heterocycles. The van der Waals surface area contributed by atoms with Gasteiger partial charge in [0.15, 0.2) is 0 Å². The predicted octanol–water partition coefficient (Wildman–Crippen LogP) is 6.22. The monoisotopic (exact) mass is 473 g/mol. The molecule has 0 radical (unpaired) electrons. The molecule has 0 saturated carbocycles. The Bertz CT molecular complexity index is 1180. The van der Waals surface area contributed by atoms with Crippen LogP contribution in [0, 0.1) is 5.92 Å². The third-order valence-corrected chi connectivity index (χ3v) is 7.55. The minimum Gasteiger partial charge on any atom is -0.354 e. The number of hydrogen-bond donors (Lipinski definition) is 1. The van der Waals surface area contributed by atoms with E-state index in [9.17, 15) is 9.59 Å². The number of rotatable bonds is 11. The summed E-state index contributed by atoms with van der Waals surface area (Å²) < 4.78 is 2.11. The first-order valence-corrected chi connectivity index (χ1v) is 13.2. The van der Waals surface area contributed by atoms with E-state index in [-0.39, 0.29) is 23.8 Å². The summed E-state index contributed by atoms with van der Waals surface area (Å²) in [6.45, 7) is 7.04. The smallest absolute Gasteiger partial charge is 0.255 e. The van der Waals surface area contributed by atoms with E-state index >= 15 is 0 Å². The minimum absolute atomic E-state index is 0.0332. The van der Waals surface area contributed by atoms with Gasteiger partial charge >= 0.3 is 0 Å². The van der Waals surface area contributed by atoms with Crippen LogP contribution in [0.1, 0.15) is 86.8 Å². The van der Waals surface area contributed by atoms with Crippen LogP contribution in [0.5, 0.6) is 0 Å². The summed E-state index contributed by atoms with van der Waals surface area (Å²) in [4.78, 5) is 29.4. The SMILES string of the molecule is CCCCCCCNC(=O)C(C(C)CC)N1C(=O)c2ccccc2C1c1cn(C)c2ccccc12. The average molecular weight is 474 g/mol. The largest absolute Gasteiger partial charge is 0.354 e. The van der Waals surface area contributed by atoms with Gasteiger partial charge in [-0.2, -0.15) is 0 Å². The zero-order valence-corrected chi connectivity index (χ0v) is 21.6. The predicted molar refractivity (Wildman–Crippen MR) is 142 cm³/mol. The molecule has 2 aromatic carbocycles. The molecule has 1 aromatic heterocycles. The highest BCUT2D eigenvalue weighted by atomic mass is 16.2. The third kappa shape index (κ3) is 4.86. The van der Waals surface area contributed by atoms with Crippen molar-refractivity contribution in [1.29, 1.82) is 0 Å². The molecular weight excluding hydrogens is 434 g/mol. The molecule has 0 spiro atoms. The lowest BCUT2D eigenvalue weighted by atomic mass is 9.92. The van der Waals surface area contributed by atoms with Gasteiger partial charge in [-0.25, -0.2) is 0 Å². The van der Waals surface area contributed by atoms with E-state index in [1.54, 1.807) is 0 Å². The molecule has 2 amide bonds. The number of aryl methyl sites for hydroxylation is 1. The molecule has 0 saturated heterocycles. The van der Waals surface area contributed by atoms with Crippen LogP contribution in [0.2, 0.25) is 0 Å². The molecule has 4 rings (SSSR count). The second-order valence-corrected chi connectivity index (χ2v) is 9.95. The Balaban J connectivity index is 1.71. The van der Waals surface area contributed by atoms with Gasteiger partial charge in [0, 0.05) is 41.8 Å². The molecule has 3 aromatic rings. The van der Waals surface area contributed by atoms with E-state index in [0.717, 1.165) is 41.3 Å². The van der Waals surface area contributed by atoms with Gasteiger partial charge in [-0.1, -0.05) is 89.3 Å². The first-order chi connectivity index (χ1) is 17.0. The molecule has 0 aliphatic carbocycles. The maximum absolute atomic E-state index is 13.9. The van der Waals surface area contributed by atoms with E-state index in [2.05, 4.69) is 49.0 Å². The van der Waals surface area contributed by atoms with Crippen molar-refractivity contribution in [3.63, 3.8) is 0 Å². The average Bonchev–Trinajstić information content (AvgIpc) is 3.35. The molecule has 1 aliphatic rings. The summed E-state index contributed by atoms with van der Waals surface area (Å²) in [5.74, 6) is -0.0611. The summed E-state index contributed by atoms with van der Waals surface area (Å²) in [6, 6.07) is 15.3. The van der Waals surface area contributed by atoms with Crippen LogP contribution < -0.4 is 5.32 Å². The van der Waals surface area contributed by atoms with Crippen molar-refractivity contribution < 1.29 is 9.59 Å². The van der Waals surface area contributed by atoms with Crippen LogP contribution in [-0.2, 0) is 11.8 Å². The number of aromatic nitrogens is 1. The Morgan fingerprint density at radius 1 is 0.971 bits per heavy atom. The zero-order valence-electron chi connectivity index (χ0n) is 21.6. The van der Waals surface area contributed by atoms with Gasteiger partial charge in [0.25, 0.3) is 5.91 Å².